The summed E-state index contributed by atoms with van der Waals surface area (Å²) < 4.78 is 12.3. The lowest BCUT2D eigenvalue weighted by molar-refractivity contribution is -0.118. The predicted molar refractivity (Wildman–Crippen MR) is 77.1 cm³/mol. The minimum atomic E-state index is 0.142. The van der Waals surface area contributed by atoms with Crippen LogP contribution in [0.5, 0.6) is 0 Å². The van der Waals surface area contributed by atoms with Crippen molar-refractivity contribution in [2.75, 3.05) is 19.0 Å². The molecule has 1 aromatic rings. The minimum absolute atomic E-state index is 0.142. The van der Waals surface area contributed by atoms with Crippen LogP contribution in [0.15, 0.2) is 22.7 Å². The topological polar surface area (TPSA) is 30.5 Å². The molecule has 0 amide bonds. The fourth-order valence-electron chi connectivity index (χ4n) is 2.38. The van der Waals surface area contributed by atoms with Crippen LogP contribution >= 0.6 is 15.9 Å². The number of hydrogen-bond donors (Lipinski definition) is 1. The Labute approximate surface area is 117 Å². The molecule has 1 aliphatic rings. The van der Waals surface area contributed by atoms with Gasteiger partial charge in [-0.1, -0.05) is 22.0 Å². The van der Waals surface area contributed by atoms with Gasteiger partial charge in [-0.3, -0.25) is 0 Å². The highest BCUT2D eigenvalue weighted by molar-refractivity contribution is 9.10. The number of benzene rings is 1. The largest absolute Gasteiger partial charge is 0.379 e. The highest BCUT2D eigenvalue weighted by Crippen LogP contribution is 2.32. The third-order valence-corrected chi connectivity index (χ3v) is 4.37. The number of anilines is 1. The zero-order valence-corrected chi connectivity index (χ0v) is 12.7. The molecule has 3 atom stereocenters. The Kier molecular flexibility index (Phi) is 4.65. The van der Waals surface area contributed by atoms with Crippen LogP contribution in [0.25, 0.3) is 0 Å². The monoisotopic (exact) mass is 313 g/mol. The van der Waals surface area contributed by atoms with Crippen LogP contribution in [0.3, 0.4) is 0 Å². The first kappa shape index (κ1) is 13.8. The Morgan fingerprint density at radius 3 is 2.89 bits per heavy atom. The average molecular weight is 314 g/mol. The van der Waals surface area contributed by atoms with E-state index < -0.39 is 0 Å². The van der Waals surface area contributed by atoms with E-state index in [1.54, 1.807) is 7.11 Å². The van der Waals surface area contributed by atoms with E-state index in [2.05, 4.69) is 40.3 Å². The Hall–Kier alpha value is -0.580. The van der Waals surface area contributed by atoms with Crippen molar-refractivity contribution in [1.29, 1.82) is 0 Å². The molecule has 1 saturated carbocycles. The molecule has 0 saturated heterocycles. The molecule has 1 aromatic carbocycles. The van der Waals surface area contributed by atoms with Crippen molar-refractivity contribution < 1.29 is 9.47 Å². The first-order chi connectivity index (χ1) is 8.67. The van der Waals surface area contributed by atoms with Crippen LogP contribution in [0, 0.1) is 6.92 Å². The highest BCUT2D eigenvalue weighted by Gasteiger charge is 2.42. The van der Waals surface area contributed by atoms with Gasteiger partial charge in [-0.25, -0.2) is 0 Å². The summed E-state index contributed by atoms with van der Waals surface area (Å²) in [5.74, 6) is 0. The second-order valence-corrected chi connectivity index (χ2v) is 5.45. The van der Waals surface area contributed by atoms with Gasteiger partial charge in [0, 0.05) is 23.9 Å². The van der Waals surface area contributed by atoms with E-state index in [0.717, 1.165) is 23.2 Å². The first-order valence-electron chi connectivity index (χ1n) is 6.33. The predicted octanol–water partition coefficient (Wildman–Crippen LogP) is 3.36. The molecule has 18 heavy (non-hydrogen) atoms. The maximum atomic E-state index is 5.63. The van der Waals surface area contributed by atoms with E-state index in [9.17, 15) is 0 Å². The van der Waals surface area contributed by atoms with Crippen molar-refractivity contribution in [3.63, 3.8) is 0 Å². The van der Waals surface area contributed by atoms with E-state index in [4.69, 9.17) is 9.47 Å². The molecule has 1 aliphatic carbocycles. The maximum absolute atomic E-state index is 5.63. The van der Waals surface area contributed by atoms with Gasteiger partial charge in [-0.15, -0.1) is 0 Å². The number of rotatable bonds is 5. The summed E-state index contributed by atoms with van der Waals surface area (Å²) in [6, 6.07) is 6.53. The third-order valence-electron chi connectivity index (χ3n) is 3.51. The quantitative estimate of drug-likeness (QED) is 0.904. The summed E-state index contributed by atoms with van der Waals surface area (Å²) >= 11 is 3.55. The summed E-state index contributed by atoms with van der Waals surface area (Å²) in [5.41, 5.74) is 2.39. The number of hydrogen-bond acceptors (Lipinski definition) is 3. The van der Waals surface area contributed by atoms with Crippen LogP contribution < -0.4 is 5.32 Å². The van der Waals surface area contributed by atoms with Crippen LogP contribution in [-0.2, 0) is 9.47 Å². The van der Waals surface area contributed by atoms with Gasteiger partial charge in [0.1, 0.15) is 6.10 Å². The number of methoxy groups -OCH3 is 1. The molecule has 0 aliphatic heterocycles. The molecule has 4 heteroatoms. The lowest BCUT2D eigenvalue weighted by atomic mass is 9.85. The second kappa shape index (κ2) is 6.04. The number of halogens is 1. The molecule has 3 nitrogen and oxygen atoms in total. The van der Waals surface area contributed by atoms with Crippen molar-refractivity contribution in [1.82, 2.24) is 0 Å². The minimum Gasteiger partial charge on any atom is -0.379 e. The second-order valence-electron chi connectivity index (χ2n) is 4.59. The SMILES string of the molecule is CCOC1CC(Nc2cccc(Br)c2C)C1OC. The normalized spacial score (nSPS) is 26.8. The molecule has 0 aromatic heterocycles. The summed E-state index contributed by atoms with van der Waals surface area (Å²) in [7, 11) is 1.75. The Balaban J connectivity index is 2.00. The number of ether oxygens (including phenoxy) is 2. The van der Waals surface area contributed by atoms with Gasteiger partial charge in [0.2, 0.25) is 0 Å². The van der Waals surface area contributed by atoms with E-state index in [0.29, 0.717) is 6.04 Å². The maximum Gasteiger partial charge on any atom is 0.103 e. The Bertz CT molecular complexity index is 411. The van der Waals surface area contributed by atoms with Crippen LogP contribution in [-0.4, -0.2) is 32.0 Å². The van der Waals surface area contributed by atoms with Gasteiger partial charge in [0.15, 0.2) is 0 Å². The molecule has 0 spiro atoms. The van der Waals surface area contributed by atoms with Crippen molar-refractivity contribution in [3.8, 4) is 0 Å². The van der Waals surface area contributed by atoms with Crippen LogP contribution in [0.1, 0.15) is 18.9 Å². The number of nitrogens with one attached hydrogen (secondary N) is 1. The fourth-order valence-corrected chi connectivity index (χ4v) is 2.75. The average Bonchev–Trinajstić information content (AvgIpc) is 2.33. The molecule has 1 fully saturated rings. The van der Waals surface area contributed by atoms with Gasteiger partial charge >= 0.3 is 0 Å². The van der Waals surface area contributed by atoms with Gasteiger partial charge in [0.05, 0.1) is 12.1 Å². The van der Waals surface area contributed by atoms with Gasteiger partial charge in [0.25, 0.3) is 0 Å². The van der Waals surface area contributed by atoms with E-state index in [1.165, 1.54) is 5.56 Å². The van der Waals surface area contributed by atoms with Gasteiger partial charge in [-0.05, 0) is 38.0 Å². The summed E-state index contributed by atoms with van der Waals surface area (Å²) in [4.78, 5) is 0. The molecule has 100 valence electrons. The Morgan fingerprint density at radius 1 is 1.44 bits per heavy atom. The van der Waals surface area contributed by atoms with Crippen molar-refractivity contribution in [2.45, 2.75) is 38.5 Å². The highest BCUT2D eigenvalue weighted by atomic mass is 79.9. The van der Waals surface area contributed by atoms with E-state index >= 15 is 0 Å². The zero-order chi connectivity index (χ0) is 13.1. The lowest BCUT2D eigenvalue weighted by Gasteiger charge is -2.44. The standard InChI is InChI=1S/C14H20BrNO2/c1-4-18-13-8-12(14(13)17-3)16-11-7-5-6-10(15)9(11)2/h5-7,12-14,16H,4,8H2,1-3H3. The first-order valence-corrected chi connectivity index (χ1v) is 7.12. The van der Waals surface area contributed by atoms with Crippen LogP contribution in [0.2, 0.25) is 0 Å². The molecule has 2 rings (SSSR count). The van der Waals surface area contributed by atoms with E-state index in [1.807, 2.05) is 13.0 Å². The van der Waals surface area contributed by atoms with Gasteiger partial charge < -0.3 is 14.8 Å². The van der Waals surface area contributed by atoms with Crippen LogP contribution in [0.4, 0.5) is 5.69 Å². The molecule has 0 bridgehead atoms. The molecular weight excluding hydrogens is 294 g/mol. The zero-order valence-electron chi connectivity index (χ0n) is 11.1. The van der Waals surface area contributed by atoms with Crippen molar-refractivity contribution in [2.24, 2.45) is 0 Å². The fraction of sp³-hybridized carbons (Fsp3) is 0.571. The molecular formula is C14H20BrNO2. The smallest absolute Gasteiger partial charge is 0.103 e. The molecule has 1 N–H and O–H groups in total. The Morgan fingerprint density at radius 2 is 2.22 bits per heavy atom. The van der Waals surface area contributed by atoms with Gasteiger partial charge in [-0.2, -0.15) is 0 Å². The molecule has 0 radical (unpaired) electrons. The van der Waals surface area contributed by atoms with Crippen molar-refractivity contribution >= 4 is 21.6 Å². The molecule has 0 heterocycles. The van der Waals surface area contributed by atoms with Crippen molar-refractivity contribution in [3.05, 3.63) is 28.2 Å². The summed E-state index contributed by atoms with van der Waals surface area (Å²) in [5, 5.41) is 3.54. The summed E-state index contributed by atoms with van der Waals surface area (Å²) in [6.07, 6.45) is 1.37. The molecule has 3 unspecified atom stereocenters. The van der Waals surface area contributed by atoms with E-state index in [-0.39, 0.29) is 12.2 Å². The summed E-state index contributed by atoms with van der Waals surface area (Å²) in [6.45, 7) is 4.87. The lowest BCUT2D eigenvalue weighted by Crippen LogP contribution is -2.56. The third kappa shape index (κ3) is 2.71.